The van der Waals surface area contributed by atoms with Gasteiger partial charge in [0.15, 0.2) is 0 Å². The quantitative estimate of drug-likeness (QED) is 0.782. The molecular weight excluding hydrogens is 310 g/mol. The van der Waals surface area contributed by atoms with Gasteiger partial charge < -0.3 is 4.90 Å². The lowest BCUT2D eigenvalue weighted by molar-refractivity contribution is -0.118. The van der Waals surface area contributed by atoms with E-state index >= 15 is 0 Å². The average Bonchev–Trinajstić information content (AvgIpc) is 2.87. The molecule has 0 saturated carbocycles. The molecule has 2 aromatic rings. The van der Waals surface area contributed by atoms with Crippen LogP contribution in [0, 0.1) is 0 Å². The van der Waals surface area contributed by atoms with Gasteiger partial charge in [0.1, 0.15) is 0 Å². The predicted octanol–water partition coefficient (Wildman–Crippen LogP) is 4.23. The summed E-state index contributed by atoms with van der Waals surface area (Å²) < 4.78 is 0. The number of thioether (sulfide) groups is 2. The van der Waals surface area contributed by atoms with Crippen molar-refractivity contribution in [3.05, 3.63) is 54.1 Å². The van der Waals surface area contributed by atoms with E-state index in [0.717, 1.165) is 30.8 Å². The number of nitrogens with zero attached hydrogens (tertiary/aromatic N) is 1. The molecule has 2 nitrogen and oxygen atoms in total. The van der Waals surface area contributed by atoms with Crippen molar-refractivity contribution < 1.29 is 4.79 Å². The minimum Gasteiger partial charge on any atom is -0.310 e. The molecule has 0 bridgehead atoms. The lowest BCUT2D eigenvalue weighted by Crippen LogP contribution is -2.38. The highest BCUT2D eigenvalue weighted by molar-refractivity contribution is 8.01. The largest absolute Gasteiger partial charge is 0.310 e. The van der Waals surface area contributed by atoms with Crippen molar-refractivity contribution in [2.45, 2.75) is 27.9 Å². The number of amides is 1. The van der Waals surface area contributed by atoms with Gasteiger partial charge in [0.2, 0.25) is 5.91 Å². The molecule has 0 radical (unpaired) electrons. The lowest BCUT2D eigenvalue weighted by atomic mass is 10.1. The highest BCUT2D eigenvalue weighted by atomic mass is 32.2. The number of hydrogen-bond donors (Lipinski definition) is 0. The first-order valence-electron chi connectivity index (χ1n) is 7.61. The molecule has 2 aliphatic rings. The molecule has 1 unspecified atom stereocenters. The van der Waals surface area contributed by atoms with E-state index in [2.05, 4.69) is 42.5 Å². The maximum absolute atomic E-state index is 13.1. The summed E-state index contributed by atoms with van der Waals surface area (Å²) in [6, 6.07) is 16.7. The van der Waals surface area contributed by atoms with E-state index < -0.39 is 0 Å². The zero-order valence-corrected chi connectivity index (χ0v) is 13.8. The summed E-state index contributed by atoms with van der Waals surface area (Å²) in [4.78, 5) is 17.6. The van der Waals surface area contributed by atoms with Crippen LogP contribution in [-0.2, 0) is 11.2 Å². The van der Waals surface area contributed by atoms with Crippen LogP contribution in [0.25, 0.3) is 0 Å². The minimum atomic E-state index is 0.0218. The van der Waals surface area contributed by atoms with Crippen LogP contribution in [0.3, 0.4) is 0 Å². The molecule has 0 N–H and O–H groups in total. The number of rotatable bonds is 1. The van der Waals surface area contributed by atoms with E-state index in [4.69, 9.17) is 0 Å². The molecular formula is C18H17NOS2. The van der Waals surface area contributed by atoms with Crippen LogP contribution in [-0.4, -0.2) is 23.5 Å². The van der Waals surface area contributed by atoms with E-state index in [1.165, 1.54) is 15.4 Å². The standard InChI is InChI=1S/C18H17NOS2/c20-18(17-12-13-6-1-3-8-15(13)22-17)19-10-5-11-21-16-9-4-2-7-14(16)19/h1-4,6-9,17H,5,10-12H2. The molecule has 0 fully saturated rings. The molecule has 1 atom stereocenters. The van der Waals surface area contributed by atoms with Gasteiger partial charge in [-0.25, -0.2) is 0 Å². The number of para-hydroxylation sites is 1. The first-order valence-corrected chi connectivity index (χ1v) is 9.47. The fraction of sp³-hybridized carbons (Fsp3) is 0.278. The summed E-state index contributed by atoms with van der Waals surface area (Å²) in [6.45, 7) is 0.830. The Morgan fingerprint density at radius 2 is 1.82 bits per heavy atom. The van der Waals surface area contributed by atoms with E-state index in [9.17, 15) is 4.79 Å². The normalized spacial score (nSPS) is 20.2. The topological polar surface area (TPSA) is 20.3 Å². The van der Waals surface area contributed by atoms with Gasteiger partial charge in [0, 0.05) is 16.3 Å². The van der Waals surface area contributed by atoms with Gasteiger partial charge in [-0.15, -0.1) is 23.5 Å². The third-order valence-corrected chi connectivity index (χ3v) is 6.58. The van der Waals surface area contributed by atoms with Crippen LogP contribution in [0.4, 0.5) is 5.69 Å². The SMILES string of the molecule is O=C(C1Cc2ccccc2S1)N1CCCSc2ccccc21. The third kappa shape index (κ3) is 2.55. The summed E-state index contributed by atoms with van der Waals surface area (Å²) in [6.07, 6.45) is 1.90. The second kappa shape index (κ2) is 6.01. The van der Waals surface area contributed by atoms with Crippen molar-refractivity contribution >= 4 is 35.1 Å². The van der Waals surface area contributed by atoms with Gasteiger partial charge in [-0.1, -0.05) is 30.3 Å². The Kier molecular flexibility index (Phi) is 3.89. The van der Waals surface area contributed by atoms with Gasteiger partial charge >= 0.3 is 0 Å². The van der Waals surface area contributed by atoms with E-state index in [0.29, 0.717) is 0 Å². The van der Waals surface area contributed by atoms with Gasteiger partial charge in [-0.2, -0.15) is 0 Å². The fourth-order valence-corrected chi connectivity index (χ4v) is 5.30. The van der Waals surface area contributed by atoms with Crippen molar-refractivity contribution in [2.24, 2.45) is 0 Å². The molecule has 0 saturated heterocycles. The fourth-order valence-electron chi connectivity index (χ4n) is 3.05. The molecule has 2 heterocycles. The number of carbonyl (C=O) groups excluding carboxylic acids is 1. The maximum atomic E-state index is 13.1. The predicted molar refractivity (Wildman–Crippen MR) is 93.9 cm³/mol. The highest BCUT2D eigenvalue weighted by Crippen LogP contribution is 2.40. The van der Waals surface area contributed by atoms with Crippen molar-refractivity contribution in [1.82, 2.24) is 0 Å². The number of hydrogen-bond acceptors (Lipinski definition) is 3. The van der Waals surface area contributed by atoms with E-state index in [1.807, 2.05) is 22.7 Å². The third-order valence-electron chi connectivity index (χ3n) is 4.13. The van der Waals surface area contributed by atoms with E-state index in [-0.39, 0.29) is 11.2 Å². The summed E-state index contributed by atoms with van der Waals surface area (Å²) >= 11 is 3.58. The van der Waals surface area contributed by atoms with Crippen molar-refractivity contribution in [1.29, 1.82) is 0 Å². The number of carbonyl (C=O) groups is 1. The molecule has 0 aromatic heterocycles. The molecule has 22 heavy (non-hydrogen) atoms. The molecule has 0 aliphatic carbocycles. The van der Waals surface area contributed by atoms with Crippen LogP contribution >= 0.6 is 23.5 Å². The van der Waals surface area contributed by atoms with Crippen molar-refractivity contribution in [3.8, 4) is 0 Å². The van der Waals surface area contributed by atoms with Crippen molar-refractivity contribution in [2.75, 3.05) is 17.2 Å². The minimum absolute atomic E-state index is 0.0218. The summed E-state index contributed by atoms with van der Waals surface area (Å²) in [7, 11) is 0. The average molecular weight is 327 g/mol. The Bertz CT molecular complexity index is 691. The van der Waals surface area contributed by atoms with Crippen LogP contribution in [0.1, 0.15) is 12.0 Å². The van der Waals surface area contributed by atoms with E-state index in [1.54, 1.807) is 11.8 Å². The summed E-state index contributed by atoms with van der Waals surface area (Å²) in [5, 5.41) is 0.0218. The van der Waals surface area contributed by atoms with Crippen LogP contribution < -0.4 is 4.90 Å². The van der Waals surface area contributed by atoms with Crippen LogP contribution in [0.5, 0.6) is 0 Å². The molecule has 1 amide bonds. The number of benzene rings is 2. The Hall–Kier alpha value is -1.39. The van der Waals surface area contributed by atoms with Crippen LogP contribution in [0.2, 0.25) is 0 Å². The molecule has 2 aliphatic heterocycles. The second-order valence-electron chi connectivity index (χ2n) is 5.58. The monoisotopic (exact) mass is 327 g/mol. The van der Waals surface area contributed by atoms with Crippen molar-refractivity contribution in [3.63, 3.8) is 0 Å². The smallest absolute Gasteiger partial charge is 0.240 e. The van der Waals surface area contributed by atoms with Gasteiger partial charge in [-0.05, 0) is 42.4 Å². The number of fused-ring (bicyclic) bond motifs is 2. The van der Waals surface area contributed by atoms with Gasteiger partial charge in [0.05, 0.1) is 10.9 Å². The first kappa shape index (κ1) is 14.2. The van der Waals surface area contributed by atoms with Gasteiger partial charge in [-0.3, -0.25) is 4.79 Å². The zero-order chi connectivity index (χ0) is 14.9. The first-order chi connectivity index (χ1) is 10.8. The maximum Gasteiger partial charge on any atom is 0.240 e. The zero-order valence-electron chi connectivity index (χ0n) is 12.2. The Labute approximate surface area is 139 Å². The Morgan fingerprint density at radius 3 is 2.68 bits per heavy atom. The second-order valence-corrected chi connectivity index (χ2v) is 7.96. The Morgan fingerprint density at radius 1 is 1.05 bits per heavy atom. The molecule has 2 aromatic carbocycles. The molecule has 4 heteroatoms. The summed E-state index contributed by atoms with van der Waals surface area (Å²) in [5.41, 5.74) is 2.40. The molecule has 0 spiro atoms. The molecule has 4 rings (SSSR count). The molecule has 112 valence electrons. The highest BCUT2D eigenvalue weighted by Gasteiger charge is 2.33. The van der Waals surface area contributed by atoms with Crippen LogP contribution in [0.15, 0.2) is 58.3 Å². The lowest BCUT2D eigenvalue weighted by Gasteiger charge is -2.25. The van der Waals surface area contributed by atoms with Gasteiger partial charge in [0.25, 0.3) is 0 Å². The number of anilines is 1. The summed E-state index contributed by atoms with van der Waals surface area (Å²) in [5.74, 6) is 1.34. The Balaban J connectivity index is 1.61.